The highest BCUT2D eigenvalue weighted by Crippen LogP contribution is 2.22. The summed E-state index contributed by atoms with van der Waals surface area (Å²) in [7, 11) is 2.99. The van der Waals surface area contributed by atoms with Crippen molar-refractivity contribution in [2.24, 2.45) is 14.1 Å². The van der Waals surface area contributed by atoms with Crippen LogP contribution in [0.2, 0.25) is 0 Å². The van der Waals surface area contributed by atoms with E-state index >= 15 is 0 Å². The topological polar surface area (TPSA) is 96.0 Å². The fourth-order valence-corrected chi connectivity index (χ4v) is 3.37. The summed E-state index contributed by atoms with van der Waals surface area (Å²) in [5, 5.41) is 12.8. The van der Waals surface area contributed by atoms with Gasteiger partial charge in [0.15, 0.2) is 5.56 Å². The zero-order valence-corrected chi connectivity index (χ0v) is 15.2. The Kier molecular flexibility index (Phi) is 4.80. The Morgan fingerprint density at radius 1 is 1.19 bits per heavy atom. The third-order valence-corrected chi connectivity index (χ3v) is 4.78. The van der Waals surface area contributed by atoms with Crippen molar-refractivity contribution >= 4 is 11.6 Å². The van der Waals surface area contributed by atoms with Crippen LogP contribution in [0.25, 0.3) is 0 Å². The minimum atomic E-state index is -0.546. The van der Waals surface area contributed by atoms with Gasteiger partial charge < -0.3 is 10.2 Å². The number of nitrogens with one attached hydrogen (secondary N) is 1. The summed E-state index contributed by atoms with van der Waals surface area (Å²) in [5.74, 6) is 1.26. The molecule has 0 unspecified atom stereocenters. The Balaban J connectivity index is 1.80. The van der Waals surface area contributed by atoms with E-state index in [0.29, 0.717) is 18.9 Å². The fraction of sp³-hybridized carbons (Fsp3) is 0.444. The quantitative estimate of drug-likeness (QED) is 0.873. The Bertz CT molecular complexity index is 977. The van der Waals surface area contributed by atoms with Gasteiger partial charge in [-0.05, 0) is 31.9 Å². The average Bonchev–Trinajstić information content (AvgIpc) is 2.64. The molecule has 0 atom stereocenters. The van der Waals surface area contributed by atoms with Crippen molar-refractivity contribution < 1.29 is 0 Å². The lowest BCUT2D eigenvalue weighted by molar-refractivity contribution is 0.512. The average molecular weight is 354 g/mol. The maximum absolute atomic E-state index is 12.3. The van der Waals surface area contributed by atoms with Crippen molar-refractivity contribution in [3.63, 3.8) is 0 Å². The lowest BCUT2D eigenvalue weighted by Crippen LogP contribution is -2.46. The predicted molar refractivity (Wildman–Crippen MR) is 99.5 cm³/mol. The van der Waals surface area contributed by atoms with Gasteiger partial charge in [0, 0.05) is 38.9 Å². The SMILES string of the molecule is Cc1cccc(NC2CCN(c3c(C#N)c(=O)n(C)c(=O)n3C)CC2)n1. The molecule has 3 rings (SSSR count). The molecule has 2 aromatic rings. The molecule has 26 heavy (non-hydrogen) atoms. The second-order valence-corrected chi connectivity index (χ2v) is 6.59. The van der Waals surface area contributed by atoms with Crippen molar-refractivity contribution in [2.75, 3.05) is 23.3 Å². The van der Waals surface area contributed by atoms with Gasteiger partial charge in [0.05, 0.1) is 0 Å². The van der Waals surface area contributed by atoms with E-state index in [1.807, 2.05) is 36.1 Å². The highest BCUT2D eigenvalue weighted by Gasteiger charge is 2.25. The Morgan fingerprint density at radius 3 is 2.50 bits per heavy atom. The lowest BCUT2D eigenvalue weighted by atomic mass is 10.0. The van der Waals surface area contributed by atoms with Gasteiger partial charge in [-0.1, -0.05) is 6.07 Å². The molecule has 8 nitrogen and oxygen atoms in total. The monoisotopic (exact) mass is 354 g/mol. The van der Waals surface area contributed by atoms with Gasteiger partial charge in [0.2, 0.25) is 0 Å². The third kappa shape index (κ3) is 3.20. The molecule has 8 heteroatoms. The Labute approximate surface area is 151 Å². The maximum atomic E-state index is 12.3. The van der Waals surface area contributed by atoms with Crippen molar-refractivity contribution in [3.8, 4) is 6.07 Å². The summed E-state index contributed by atoms with van der Waals surface area (Å²) in [6, 6.07) is 8.09. The molecule has 1 aliphatic heterocycles. The minimum Gasteiger partial charge on any atom is -0.367 e. The van der Waals surface area contributed by atoms with Gasteiger partial charge in [0.1, 0.15) is 17.7 Å². The first kappa shape index (κ1) is 17.7. The van der Waals surface area contributed by atoms with Crippen LogP contribution in [0.3, 0.4) is 0 Å². The summed E-state index contributed by atoms with van der Waals surface area (Å²) in [6.45, 7) is 3.25. The minimum absolute atomic E-state index is 0.0151. The highest BCUT2D eigenvalue weighted by molar-refractivity contribution is 5.54. The van der Waals surface area contributed by atoms with E-state index in [1.54, 1.807) is 7.05 Å². The van der Waals surface area contributed by atoms with Crippen molar-refractivity contribution in [2.45, 2.75) is 25.8 Å². The predicted octanol–water partition coefficient (Wildman–Crippen LogP) is 0.740. The molecule has 136 valence electrons. The van der Waals surface area contributed by atoms with Crippen molar-refractivity contribution in [1.29, 1.82) is 5.26 Å². The molecule has 0 amide bonds. The smallest absolute Gasteiger partial charge is 0.332 e. The first-order chi connectivity index (χ1) is 12.4. The molecular formula is C18H22N6O2. The normalized spacial score (nSPS) is 14.9. The second kappa shape index (κ2) is 7.04. The second-order valence-electron chi connectivity index (χ2n) is 6.59. The van der Waals surface area contributed by atoms with Crippen LogP contribution in [0, 0.1) is 18.3 Å². The standard InChI is InChI=1S/C18H22N6O2/c1-12-5-4-6-15(20-12)21-13-7-9-24(10-8-13)16-14(11-19)17(25)23(3)18(26)22(16)2/h4-6,13H,7-10H2,1-3H3,(H,20,21). The number of aryl methyl sites for hydroxylation is 1. The van der Waals surface area contributed by atoms with Gasteiger partial charge in [0.25, 0.3) is 5.56 Å². The van der Waals surface area contributed by atoms with Crippen LogP contribution in [0.5, 0.6) is 0 Å². The summed E-state index contributed by atoms with van der Waals surface area (Å²) >= 11 is 0. The fourth-order valence-electron chi connectivity index (χ4n) is 3.37. The molecule has 0 aromatic carbocycles. The number of rotatable bonds is 3. The highest BCUT2D eigenvalue weighted by atomic mass is 16.2. The van der Waals surface area contributed by atoms with Gasteiger partial charge in [-0.15, -0.1) is 0 Å². The van der Waals surface area contributed by atoms with Crippen LogP contribution in [0.4, 0.5) is 11.6 Å². The van der Waals surface area contributed by atoms with E-state index < -0.39 is 11.2 Å². The molecule has 0 spiro atoms. The molecule has 1 fully saturated rings. The van der Waals surface area contributed by atoms with E-state index in [0.717, 1.165) is 28.9 Å². The van der Waals surface area contributed by atoms with E-state index in [1.165, 1.54) is 11.6 Å². The van der Waals surface area contributed by atoms with Crippen molar-refractivity contribution in [1.82, 2.24) is 14.1 Å². The lowest BCUT2D eigenvalue weighted by Gasteiger charge is -2.35. The first-order valence-corrected chi connectivity index (χ1v) is 8.57. The van der Waals surface area contributed by atoms with Crippen LogP contribution < -0.4 is 21.5 Å². The van der Waals surface area contributed by atoms with Gasteiger partial charge in [-0.25, -0.2) is 9.78 Å². The van der Waals surface area contributed by atoms with Gasteiger partial charge in [-0.3, -0.25) is 13.9 Å². The number of nitrogens with zero attached hydrogens (tertiary/aromatic N) is 5. The van der Waals surface area contributed by atoms with E-state index in [9.17, 15) is 14.9 Å². The molecule has 1 aliphatic rings. The molecule has 0 radical (unpaired) electrons. The number of aromatic nitrogens is 3. The molecule has 1 saturated heterocycles. The molecule has 1 N–H and O–H groups in total. The zero-order chi connectivity index (χ0) is 18.8. The molecule has 2 aromatic heterocycles. The summed E-state index contributed by atoms with van der Waals surface area (Å²) in [4.78, 5) is 30.9. The van der Waals surface area contributed by atoms with Crippen molar-refractivity contribution in [3.05, 3.63) is 50.3 Å². The first-order valence-electron chi connectivity index (χ1n) is 8.57. The Hall–Kier alpha value is -3.08. The molecular weight excluding hydrogens is 332 g/mol. The Morgan fingerprint density at radius 2 is 1.88 bits per heavy atom. The number of hydrogen-bond acceptors (Lipinski definition) is 6. The number of pyridine rings is 1. The van der Waals surface area contributed by atoms with Crippen LogP contribution in [-0.2, 0) is 14.1 Å². The van der Waals surface area contributed by atoms with Crippen LogP contribution in [0.1, 0.15) is 24.1 Å². The zero-order valence-electron chi connectivity index (χ0n) is 15.2. The van der Waals surface area contributed by atoms with Crippen LogP contribution >= 0.6 is 0 Å². The van der Waals surface area contributed by atoms with Crippen LogP contribution in [0.15, 0.2) is 27.8 Å². The van der Waals surface area contributed by atoms with Gasteiger partial charge >= 0.3 is 5.69 Å². The largest absolute Gasteiger partial charge is 0.367 e. The maximum Gasteiger partial charge on any atom is 0.332 e. The summed E-state index contributed by atoms with van der Waals surface area (Å²) in [6.07, 6.45) is 1.65. The van der Waals surface area contributed by atoms with E-state index in [4.69, 9.17) is 0 Å². The molecule has 0 aliphatic carbocycles. The third-order valence-electron chi connectivity index (χ3n) is 4.78. The number of anilines is 2. The summed E-state index contributed by atoms with van der Waals surface area (Å²) < 4.78 is 2.36. The molecule has 0 bridgehead atoms. The number of hydrogen-bond donors (Lipinski definition) is 1. The number of nitriles is 1. The van der Waals surface area contributed by atoms with Crippen LogP contribution in [-0.4, -0.2) is 33.2 Å². The molecule has 3 heterocycles. The summed E-state index contributed by atoms with van der Waals surface area (Å²) in [5.41, 5.74) is 0.00519. The molecule has 0 saturated carbocycles. The van der Waals surface area contributed by atoms with Gasteiger partial charge in [-0.2, -0.15) is 5.26 Å². The van der Waals surface area contributed by atoms with E-state index in [-0.39, 0.29) is 11.6 Å². The van der Waals surface area contributed by atoms with E-state index in [2.05, 4.69) is 10.3 Å². The number of piperidine rings is 1.